The van der Waals surface area contributed by atoms with Gasteiger partial charge in [-0.1, -0.05) is 206 Å². The largest absolute Gasteiger partial charge is 0.502 e. The van der Waals surface area contributed by atoms with Crippen LogP contribution in [0.3, 0.4) is 0 Å². The first-order valence-electron chi connectivity index (χ1n) is 24.2. The molecule has 0 saturated heterocycles. The Morgan fingerprint density at radius 2 is 0.946 bits per heavy atom. The molecule has 0 aromatic heterocycles. The van der Waals surface area contributed by atoms with E-state index in [0.29, 0.717) is 13.0 Å². The molecule has 0 saturated carbocycles. The summed E-state index contributed by atoms with van der Waals surface area (Å²) in [6, 6.07) is 0. The van der Waals surface area contributed by atoms with Gasteiger partial charge in [-0.25, -0.2) is 4.79 Å². The van der Waals surface area contributed by atoms with Gasteiger partial charge in [0.2, 0.25) is 0 Å². The van der Waals surface area contributed by atoms with E-state index in [-0.39, 0.29) is 25.2 Å². The highest BCUT2D eigenvalue weighted by Crippen LogP contribution is 2.17. The van der Waals surface area contributed by atoms with Gasteiger partial charge in [-0.2, -0.15) is 0 Å². The van der Waals surface area contributed by atoms with Crippen molar-refractivity contribution < 1.29 is 28.5 Å². The number of ether oxygens (including phenoxy) is 4. The smallest absolute Gasteiger partial charge is 0.407 e. The van der Waals surface area contributed by atoms with Gasteiger partial charge in [0, 0.05) is 6.42 Å². The summed E-state index contributed by atoms with van der Waals surface area (Å²) in [4.78, 5) is 25.5. The van der Waals surface area contributed by atoms with Gasteiger partial charge in [0.25, 0.3) is 0 Å². The van der Waals surface area contributed by atoms with Gasteiger partial charge < -0.3 is 24.3 Å². The van der Waals surface area contributed by atoms with Crippen molar-refractivity contribution in [1.82, 2.24) is 5.32 Å². The van der Waals surface area contributed by atoms with Gasteiger partial charge in [-0.3, -0.25) is 4.79 Å². The lowest BCUT2D eigenvalue weighted by Crippen LogP contribution is -2.38. The molecular formula is C49H95NO6. The Balaban J connectivity index is 4.34. The van der Waals surface area contributed by atoms with Crippen molar-refractivity contribution >= 4 is 12.1 Å². The van der Waals surface area contributed by atoms with Crippen molar-refractivity contribution in [3.05, 3.63) is 11.8 Å². The lowest BCUT2D eigenvalue weighted by Gasteiger charge is -2.24. The molecule has 7 nitrogen and oxygen atoms in total. The fourth-order valence-electron chi connectivity index (χ4n) is 7.18. The highest BCUT2D eigenvalue weighted by Gasteiger charge is 2.22. The fraction of sp³-hybridized carbons (Fsp3) is 0.918. The second-order valence-electron chi connectivity index (χ2n) is 17.3. The first-order valence-corrected chi connectivity index (χ1v) is 24.2. The van der Waals surface area contributed by atoms with Crippen molar-refractivity contribution in [3.63, 3.8) is 0 Å². The SMILES string of the molecule is CCCCCCCCCCCCCCCCCCCC(CNC(=O)OCC(C)(C)OC/C=C(\C)OC)OC(=O)CCCCCCCCCCCCCCCCC. The molecule has 0 spiro atoms. The number of methoxy groups -OCH3 is 1. The second-order valence-corrected chi connectivity index (χ2v) is 17.3. The van der Waals surface area contributed by atoms with Crippen LogP contribution < -0.4 is 5.32 Å². The Hall–Kier alpha value is -1.76. The summed E-state index contributed by atoms with van der Waals surface area (Å²) < 4.78 is 22.4. The molecule has 0 radical (unpaired) electrons. The van der Waals surface area contributed by atoms with Crippen LogP contribution in [0.4, 0.5) is 4.79 Å². The van der Waals surface area contributed by atoms with Crippen LogP contribution >= 0.6 is 0 Å². The Bertz CT molecular complexity index is 890. The number of rotatable bonds is 43. The van der Waals surface area contributed by atoms with Crippen molar-refractivity contribution in [1.29, 1.82) is 0 Å². The van der Waals surface area contributed by atoms with Crippen molar-refractivity contribution in [2.75, 3.05) is 26.9 Å². The third kappa shape index (κ3) is 40.4. The Morgan fingerprint density at radius 3 is 1.34 bits per heavy atom. The summed E-state index contributed by atoms with van der Waals surface area (Å²) in [5.74, 6) is 0.625. The number of unbranched alkanes of at least 4 members (excludes halogenated alkanes) is 30. The maximum atomic E-state index is 12.8. The minimum atomic E-state index is -0.645. The average molecular weight is 794 g/mol. The third-order valence-corrected chi connectivity index (χ3v) is 11.1. The van der Waals surface area contributed by atoms with Crippen LogP contribution in [0.25, 0.3) is 0 Å². The highest BCUT2D eigenvalue weighted by molar-refractivity contribution is 5.70. The summed E-state index contributed by atoms with van der Waals surface area (Å²) >= 11 is 0. The van der Waals surface area contributed by atoms with Crippen LogP contribution in [0.5, 0.6) is 0 Å². The zero-order valence-corrected chi connectivity index (χ0v) is 38.3. The van der Waals surface area contributed by atoms with Gasteiger partial charge >= 0.3 is 12.1 Å². The molecule has 1 atom stereocenters. The molecule has 0 bridgehead atoms. The maximum Gasteiger partial charge on any atom is 0.407 e. The lowest BCUT2D eigenvalue weighted by molar-refractivity contribution is -0.149. The molecule has 0 aliphatic heterocycles. The first kappa shape index (κ1) is 54.2. The maximum absolute atomic E-state index is 12.8. The lowest BCUT2D eigenvalue weighted by atomic mass is 10.0. The van der Waals surface area contributed by atoms with Crippen LogP contribution in [0.1, 0.15) is 253 Å². The molecule has 7 heteroatoms. The number of hydrogen-bond acceptors (Lipinski definition) is 6. The number of nitrogens with one attached hydrogen (secondary N) is 1. The van der Waals surface area contributed by atoms with Gasteiger partial charge in [0.15, 0.2) is 0 Å². The van der Waals surface area contributed by atoms with E-state index in [1.54, 1.807) is 7.11 Å². The average Bonchev–Trinajstić information content (AvgIpc) is 3.18. The number of carbonyl (C=O) groups is 2. The van der Waals surface area contributed by atoms with Crippen molar-refractivity contribution in [2.24, 2.45) is 0 Å². The van der Waals surface area contributed by atoms with E-state index in [0.717, 1.165) is 37.9 Å². The topological polar surface area (TPSA) is 83.1 Å². The summed E-state index contributed by atoms with van der Waals surface area (Å²) in [6.45, 7) is 10.9. The minimum absolute atomic E-state index is 0.113. The van der Waals surface area contributed by atoms with E-state index < -0.39 is 11.7 Å². The molecule has 0 rings (SSSR count). The number of alkyl carbamates (subject to hydrolysis) is 1. The Labute approximate surface area is 348 Å². The predicted octanol–water partition coefficient (Wildman–Crippen LogP) is 15.3. The van der Waals surface area contributed by atoms with Crippen LogP contribution in [0.15, 0.2) is 11.8 Å². The number of amides is 1. The summed E-state index contributed by atoms with van der Waals surface area (Å²) in [6.07, 6.45) is 44.3. The van der Waals surface area contributed by atoms with Gasteiger partial charge in [-0.05, 0) is 46.1 Å². The highest BCUT2D eigenvalue weighted by atomic mass is 16.6. The summed E-state index contributed by atoms with van der Waals surface area (Å²) in [5.41, 5.74) is -0.645. The Morgan fingerprint density at radius 1 is 0.571 bits per heavy atom. The molecule has 56 heavy (non-hydrogen) atoms. The van der Waals surface area contributed by atoms with Crippen LogP contribution in [0.2, 0.25) is 0 Å². The van der Waals surface area contributed by atoms with E-state index in [4.69, 9.17) is 18.9 Å². The first-order chi connectivity index (χ1) is 27.2. The molecule has 1 amide bonds. The third-order valence-electron chi connectivity index (χ3n) is 11.1. The van der Waals surface area contributed by atoms with E-state index in [1.165, 1.54) is 180 Å². The van der Waals surface area contributed by atoms with Gasteiger partial charge in [0.05, 0.1) is 31.6 Å². The van der Waals surface area contributed by atoms with Crippen molar-refractivity contribution in [2.45, 2.75) is 265 Å². The fourth-order valence-corrected chi connectivity index (χ4v) is 7.18. The number of allylic oxidation sites excluding steroid dienone is 1. The second kappa shape index (κ2) is 41.4. The molecule has 0 aliphatic rings. The van der Waals surface area contributed by atoms with E-state index in [2.05, 4.69) is 19.2 Å². The Kier molecular flexibility index (Phi) is 40.1. The van der Waals surface area contributed by atoms with E-state index in [1.807, 2.05) is 26.8 Å². The van der Waals surface area contributed by atoms with E-state index in [9.17, 15) is 9.59 Å². The predicted molar refractivity (Wildman–Crippen MR) is 238 cm³/mol. The monoisotopic (exact) mass is 794 g/mol. The number of hydrogen-bond donors (Lipinski definition) is 1. The van der Waals surface area contributed by atoms with Crippen LogP contribution in [0, 0.1) is 0 Å². The zero-order chi connectivity index (χ0) is 41.2. The van der Waals surface area contributed by atoms with Crippen LogP contribution in [-0.2, 0) is 23.7 Å². The summed E-state index contributed by atoms with van der Waals surface area (Å²) in [7, 11) is 1.62. The van der Waals surface area contributed by atoms with E-state index >= 15 is 0 Å². The molecule has 0 aliphatic carbocycles. The molecule has 0 aromatic rings. The molecular weight excluding hydrogens is 699 g/mol. The molecule has 332 valence electrons. The molecule has 1 N–H and O–H groups in total. The zero-order valence-electron chi connectivity index (χ0n) is 38.3. The standard InChI is InChI=1S/C49H95NO6/c1-7-9-11-13-15-17-19-21-23-24-26-27-29-31-33-35-37-39-46(43-50-48(52)54-44-49(4,5)55-42-41-45(3)53-6)56-47(51)40-38-36-34-32-30-28-25-22-20-18-16-14-12-10-8-2/h41,46H,7-40,42-44H2,1-6H3,(H,50,52)/b45-41+. The quantitative estimate of drug-likeness (QED) is 0.0376. The molecule has 0 heterocycles. The summed E-state index contributed by atoms with van der Waals surface area (Å²) in [5, 5.41) is 2.85. The van der Waals surface area contributed by atoms with Gasteiger partial charge in [-0.15, -0.1) is 0 Å². The normalized spacial score (nSPS) is 12.5. The van der Waals surface area contributed by atoms with Crippen molar-refractivity contribution in [3.8, 4) is 0 Å². The number of esters is 1. The minimum Gasteiger partial charge on any atom is -0.502 e. The molecule has 1 unspecified atom stereocenters. The number of carbonyl (C=O) groups excluding carboxylic acids is 2. The van der Waals surface area contributed by atoms with Crippen LogP contribution in [-0.4, -0.2) is 50.6 Å². The molecule has 0 fully saturated rings. The molecule has 0 aromatic carbocycles. The van der Waals surface area contributed by atoms with Gasteiger partial charge in [0.1, 0.15) is 12.7 Å².